The summed E-state index contributed by atoms with van der Waals surface area (Å²) >= 11 is 0. The number of nitrogens with zero attached hydrogens (tertiary/aromatic N) is 1. The normalized spacial score (nSPS) is 28.3. The third kappa shape index (κ3) is 3.74. The van der Waals surface area contributed by atoms with E-state index >= 15 is 0 Å². The zero-order valence-electron chi connectivity index (χ0n) is 11.0. The van der Waals surface area contributed by atoms with Gasteiger partial charge in [-0.25, -0.2) is 0 Å². The summed E-state index contributed by atoms with van der Waals surface area (Å²) in [4.78, 5) is 2.69. The summed E-state index contributed by atoms with van der Waals surface area (Å²) in [5.74, 6) is 1.03. The molecule has 2 aliphatic rings. The van der Waals surface area contributed by atoms with Gasteiger partial charge in [-0.1, -0.05) is 13.3 Å². The quantitative estimate of drug-likeness (QED) is 0.746. The van der Waals surface area contributed by atoms with Gasteiger partial charge in [0.25, 0.3) is 0 Å². The minimum Gasteiger partial charge on any atom is -0.314 e. The van der Waals surface area contributed by atoms with Crippen LogP contribution >= 0.6 is 0 Å². The van der Waals surface area contributed by atoms with E-state index in [1.807, 2.05) is 0 Å². The maximum absolute atomic E-state index is 3.67. The van der Waals surface area contributed by atoms with Crippen molar-refractivity contribution < 1.29 is 0 Å². The Hall–Kier alpha value is -0.0800. The molecule has 2 rings (SSSR count). The predicted octanol–water partition coefficient (Wildman–Crippen LogP) is 2.64. The van der Waals surface area contributed by atoms with Crippen LogP contribution in [0.25, 0.3) is 0 Å². The molecule has 94 valence electrons. The SMILES string of the molecule is CCN(CC1CC1)C(C)CC1CCCCN1. The minimum atomic E-state index is 0.765. The molecule has 2 heteroatoms. The van der Waals surface area contributed by atoms with E-state index in [0.29, 0.717) is 0 Å². The second-order valence-electron chi connectivity index (χ2n) is 5.76. The van der Waals surface area contributed by atoms with Crippen molar-refractivity contribution in [1.29, 1.82) is 0 Å². The van der Waals surface area contributed by atoms with E-state index in [1.165, 1.54) is 58.2 Å². The number of hydrogen-bond donors (Lipinski definition) is 1. The van der Waals surface area contributed by atoms with Crippen molar-refractivity contribution in [3.05, 3.63) is 0 Å². The fourth-order valence-corrected chi connectivity index (χ4v) is 2.94. The van der Waals surface area contributed by atoms with E-state index < -0.39 is 0 Å². The van der Waals surface area contributed by atoms with Crippen molar-refractivity contribution in [2.24, 2.45) is 5.92 Å². The largest absolute Gasteiger partial charge is 0.314 e. The number of rotatable bonds is 6. The first-order valence-electron chi connectivity index (χ1n) is 7.27. The zero-order valence-corrected chi connectivity index (χ0v) is 11.0. The average molecular weight is 224 g/mol. The molecule has 0 aromatic heterocycles. The van der Waals surface area contributed by atoms with Gasteiger partial charge in [0.15, 0.2) is 0 Å². The van der Waals surface area contributed by atoms with Crippen LogP contribution < -0.4 is 5.32 Å². The highest BCUT2D eigenvalue weighted by molar-refractivity contribution is 4.82. The number of hydrogen-bond acceptors (Lipinski definition) is 2. The molecule has 1 saturated heterocycles. The third-order valence-corrected chi connectivity index (χ3v) is 4.26. The Labute approximate surface area is 101 Å². The summed E-state index contributed by atoms with van der Waals surface area (Å²) in [5, 5.41) is 3.67. The van der Waals surface area contributed by atoms with Crippen LogP contribution in [0.4, 0.5) is 0 Å². The topological polar surface area (TPSA) is 15.3 Å². The molecule has 1 aliphatic carbocycles. The Morgan fingerprint density at radius 3 is 2.62 bits per heavy atom. The van der Waals surface area contributed by atoms with E-state index in [2.05, 4.69) is 24.1 Å². The summed E-state index contributed by atoms with van der Waals surface area (Å²) in [6, 6.07) is 1.55. The van der Waals surface area contributed by atoms with E-state index in [-0.39, 0.29) is 0 Å². The van der Waals surface area contributed by atoms with Gasteiger partial charge in [0.2, 0.25) is 0 Å². The molecule has 0 amide bonds. The van der Waals surface area contributed by atoms with Crippen LogP contribution in [0.15, 0.2) is 0 Å². The van der Waals surface area contributed by atoms with Gasteiger partial charge >= 0.3 is 0 Å². The smallest absolute Gasteiger partial charge is 0.00818 e. The summed E-state index contributed by atoms with van der Waals surface area (Å²) in [6.45, 7) is 8.55. The molecule has 0 radical (unpaired) electrons. The molecule has 2 nitrogen and oxygen atoms in total. The highest BCUT2D eigenvalue weighted by atomic mass is 15.2. The Bertz CT molecular complexity index is 195. The lowest BCUT2D eigenvalue weighted by Crippen LogP contribution is -2.42. The monoisotopic (exact) mass is 224 g/mol. The molecule has 1 aliphatic heterocycles. The first-order valence-corrected chi connectivity index (χ1v) is 7.27. The van der Waals surface area contributed by atoms with Crippen LogP contribution in [-0.4, -0.2) is 36.6 Å². The van der Waals surface area contributed by atoms with Gasteiger partial charge in [-0.05, 0) is 58.0 Å². The number of piperidine rings is 1. The van der Waals surface area contributed by atoms with Gasteiger partial charge in [0.1, 0.15) is 0 Å². The predicted molar refractivity (Wildman–Crippen MR) is 69.7 cm³/mol. The maximum Gasteiger partial charge on any atom is 0.00818 e. The molecule has 0 aromatic rings. The van der Waals surface area contributed by atoms with E-state index in [1.54, 1.807) is 0 Å². The van der Waals surface area contributed by atoms with Gasteiger partial charge in [-0.15, -0.1) is 0 Å². The summed E-state index contributed by atoms with van der Waals surface area (Å²) in [6.07, 6.45) is 8.51. The van der Waals surface area contributed by atoms with Crippen molar-refractivity contribution in [1.82, 2.24) is 10.2 Å². The molecule has 0 bridgehead atoms. The highest BCUT2D eigenvalue weighted by Crippen LogP contribution is 2.30. The Morgan fingerprint density at radius 2 is 2.06 bits per heavy atom. The van der Waals surface area contributed by atoms with Gasteiger partial charge < -0.3 is 10.2 Å². The molecule has 0 spiro atoms. The second-order valence-corrected chi connectivity index (χ2v) is 5.76. The van der Waals surface area contributed by atoms with Crippen molar-refractivity contribution in [3.8, 4) is 0 Å². The molecule has 1 heterocycles. The summed E-state index contributed by atoms with van der Waals surface area (Å²) in [5.41, 5.74) is 0. The lowest BCUT2D eigenvalue weighted by atomic mass is 9.98. The zero-order chi connectivity index (χ0) is 11.4. The van der Waals surface area contributed by atoms with Crippen LogP contribution in [-0.2, 0) is 0 Å². The summed E-state index contributed by atoms with van der Waals surface area (Å²) < 4.78 is 0. The lowest BCUT2D eigenvalue weighted by molar-refractivity contribution is 0.181. The first-order chi connectivity index (χ1) is 7.79. The van der Waals surface area contributed by atoms with Crippen LogP contribution in [0.5, 0.6) is 0 Å². The van der Waals surface area contributed by atoms with Crippen molar-refractivity contribution in [3.63, 3.8) is 0 Å². The second kappa shape index (κ2) is 6.02. The van der Waals surface area contributed by atoms with E-state index in [9.17, 15) is 0 Å². The van der Waals surface area contributed by atoms with Gasteiger partial charge in [0.05, 0.1) is 0 Å². The van der Waals surface area contributed by atoms with Crippen LogP contribution in [0.2, 0.25) is 0 Å². The van der Waals surface area contributed by atoms with Crippen LogP contribution in [0.1, 0.15) is 52.4 Å². The van der Waals surface area contributed by atoms with Crippen LogP contribution in [0.3, 0.4) is 0 Å². The van der Waals surface area contributed by atoms with E-state index in [0.717, 1.165) is 18.0 Å². The fraction of sp³-hybridized carbons (Fsp3) is 1.00. The number of nitrogens with one attached hydrogen (secondary N) is 1. The average Bonchev–Trinajstić information content (AvgIpc) is 3.11. The van der Waals surface area contributed by atoms with Gasteiger partial charge in [0, 0.05) is 18.6 Å². The lowest BCUT2D eigenvalue weighted by Gasteiger charge is -2.32. The van der Waals surface area contributed by atoms with Crippen LogP contribution in [0, 0.1) is 5.92 Å². The summed E-state index contributed by atoms with van der Waals surface area (Å²) in [7, 11) is 0. The third-order valence-electron chi connectivity index (χ3n) is 4.26. The maximum atomic E-state index is 3.67. The Morgan fingerprint density at radius 1 is 1.25 bits per heavy atom. The molecular formula is C14H28N2. The molecule has 2 fully saturated rings. The highest BCUT2D eigenvalue weighted by Gasteiger charge is 2.27. The molecule has 2 atom stereocenters. The standard InChI is InChI=1S/C14H28N2/c1-3-16(11-13-7-8-13)12(2)10-14-6-4-5-9-15-14/h12-15H,3-11H2,1-2H3. The first kappa shape index (κ1) is 12.4. The molecule has 2 unspecified atom stereocenters. The van der Waals surface area contributed by atoms with Crippen molar-refractivity contribution in [2.75, 3.05) is 19.6 Å². The minimum absolute atomic E-state index is 0.765. The Balaban J connectivity index is 1.72. The molecular weight excluding hydrogens is 196 g/mol. The van der Waals surface area contributed by atoms with Crippen molar-refractivity contribution >= 4 is 0 Å². The fourth-order valence-electron chi connectivity index (χ4n) is 2.94. The van der Waals surface area contributed by atoms with Gasteiger partial charge in [-0.3, -0.25) is 0 Å². The molecule has 0 aromatic carbocycles. The van der Waals surface area contributed by atoms with Crippen molar-refractivity contribution in [2.45, 2.75) is 64.5 Å². The molecule has 1 saturated carbocycles. The van der Waals surface area contributed by atoms with E-state index in [4.69, 9.17) is 0 Å². The van der Waals surface area contributed by atoms with Gasteiger partial charge in [-0.2, -0.15) is 0 Å². The Kier molecular flexibility index (Phi) is 4.66. The molecule has 16 heavy (non-hydrogen) atoms. The molecule has 1 N–H and O–H groups in total.